The summed E-state index contributed by atoms with van der Waals surface area (Å²) >= 11 is 0. The molecule has 0 radical (unpaired) electrons. The van der Waals surface area contributed by atoms with Crippen LogP contribution in [0.5, 0.6) is 5.75 Å². The lowest BCUT2D eigenvalue weighted by Crippen LogP contribution is -2.24. The van der Waals surface area contributed by atoms with Gasteiger partial charge in [0.25, 0.3) is 5.91 Å². The van der Waals surface area contributed by atoms with E-state index in [-0.39, 0.29) is 12.1 Å². The number of hydrogen-bond acceptors (Lipinski definition) is 3. The van der Waals surface area contributed by atoms with Gasteiger partial charge in [-0.1, -0.05) is 12.1 Å². The Morgan fingerprint density at radius 3 is 2.81 bits per heavy atom. The average molecular weight is 288 g/mol. The van der Waals surface area contributed by atoms with Crippen molar-refractivity contribution in [3.8, 4) is 5.75 Å². The van der Waals surface area contributed by atoms with E-state index in [2.05, 4.69) is 5.32 Å². The van der Waals surface area contributed by atoms with Crippen LogP contribution in [0.25, 0.3) is 0 Å². The van der Waals surface area contributed by atoms with Gasteiger partial charge in [0.2, 0.25) is 0 Å². The maximum absolute atomic E-state index is 13.9. The summed E-state index contributed by atoms with van der Waals surface area (Å²) in [6, 6.07) is 10.1. The second-order valence-corrected chi connectivity index (χ2v) is 4.73. The summed E-state index contributed by atoms with van der Waals surface area (Å²) in [5, 5.41) is 2.67. The number of carbonyl (C=O) groups excluding carboxylic acids is 1. The number of halogens is 1. The highest BCUT2D eigenvalue weighted by atomic mass is 19.1. The largest absolute Gasteiger partial charge is 0.497 e. The number of ether oxygens (including phenoxy) is 1. The molecule has 0 bridgehead atoms. The Morgan fingerprint density at radius 1 is 1.33 bits per heavy atom. The number of aryl methyl sites for hydroxylation is 1. The summed E-state index contributed by atoms with van der Waals surface area (Å²) in [6.45, 7) is 1.86. The van der Waals surface area contributed by atoms with Crippen LogP contribution < -0.4 is 15.8 Å². The number of hydrogen-bond donors (Lipinski definition) is 2. The van der Waals surface area contributed by atoms with E-state index in [1.165, 1.54) is 12.1 Å². The SMILES string of the molecule is COc1cccc(CNC(=O)c2cc(N)cc(C)c2F)c1. The third-order valence-corrected chi connectivity index (χ3v) is 3.11. The van der Waals surface area contributed by atoms with Crippen LogP contribution in [0.1, 0.15) is 21.5 Å². The maximum atomic E-state index is 13.9. The molecule has 0 aliphatic rings. The molecule has 0 spiro atoms. The lowest BCUT2D eigenvalue weighted by Gasteiger charge is -2.09. The second-order valence-electron chi connectivity index (χ2n) is 4.73. The van der Waals surface area contributed by atoms with E-state index in [9.17, 15) is 9.18 Å². The van der Waals surface area contributed by atoms with Gasteiger partial charge < -0.3 is 15.8 Å². The summed E-state index contributed by atoms with van der Waals surface area (Å²) in [5.74, 6) is -0.342. The molecular weight excluding hydrogens is 271 g/mol. The molecule has 5 heteroatoms. The van der Waals surface area contributed by atoms with Crippen molar-refractivity contribution in [3.63, 3.8) is 0 Å². The maximum Gasteiger partial charge on any atom is 0.254 e. The molecule has 2 rings (SSSR count). The van der Waals surface area contributed by atoms with E-state index in [4.69, 9.17) is 10.5 Å². The predicted octanol–water partition coefficient (Wildman–Crippen LogP) is 2.65. The van der Waals surface area contributed by atoms with Gasteiger partial charge in [-0.2, -0.15) is 0 Å². The molecule has 0 aliphatic heterocycles. The molecular formula is C16H17FN2O2. The smallest absolute Gasteiger partial charge is 0.254 e. The Kier molecular flexibility index (Phi) is 4.42. The molecule has 0 aliphatic carbocycles. The number of benzene rings is 2. The Hall–Kier alpha value is -2.56. The number of nitrogen functional groups attached to an aromatic ring is 1. The van der Waals surface area contributed by atoms with Crippen LogP contribution in [0.15, 0.2) is 36.4 Å². The monoisotopic (exact) mass is 288 g/mol. The highest BCUT2D eigenvalue weighted by molar-refractivity contribution is 5.95. The normalized spacial score (nSPS) is 10.2. The standard InChI is InChI=1S/C16H17FN2O2/c1-10-6-12(18)8-14(15(10)17)16(20)19-9-11-4-3-5-13(7-11)21-2/h3-8H,9,18H2,1-2H3,(H,19,20). The number of amides is 1. The molecule has 4 nitrogen and oxygen atoms in total. The van der Waals surface area contributed by atoms with Gasteiger partial charge in [0.05, 0.1) is 12.7 Å². The van der Waals surface area contributed by atoms with Gasteiger partial charge in [-0.15, -0.1) is 0 Å². The number of nitrogens with one attached hydrogen (secondary N) is 1. The van der Waals surface area contributed by atoms with E-state index < -0.39 is 11.7 Å². The zero-order valence-corrected chi connectivity index (χ0v) is 11.9. The molecule has 0 saturated heterocycles. The molecule has 0 heterocycles. The number of anilines is 1. The van der Waals surface area contributed by atoms with Gasteiger partial charge in [-0.05, 0) is 42.3 Å². The van der Waals surface area contributed by atoms with E-state index >= 15 is 0 Å². The molecule has 0 atom stereocenters. The Morgan fingerprint density at radius 2 is 2.10 bits per heavy atom. The summed E-state index contributed by atoms with van der Waals surface area (Å²) in [4.78, 5) is 12.1. The fourth-order valence-electron chi connectivity index (χ4n) is 2.02. The fourth-order valence-corrected chi connectivity index (χ4v) is 2.02. The van der Waals surface area contributed by atoms with Crippen molar-refractivity contribution in [2.75, 3.05) is 12.8 Å². The van der Waals surface area contributed by atoms with Crippen molar-refractivity contribution in [1.29, 1.82) is 0 Å². The van der Waals surface area contributed by atoms with Gasteiger partial charge in [0.15, 0.2) is 0 Å². The summed E-state index contributed by atoms with van der Waals surface area (Å²) < 4.78 is 19.0. The predicted molar refractivity (Wildman–Crippen MR) is 79.7 cm³/mol. The molecule has 0 fully saturated rings. The van der Waals surface area contributed by atoms with E-state index in [1.54, 1.807) is 20.1 Å². The van der Waals surface area contributed by atoms with Gasteiger partial charge in [0.1, 0.15) is 11.6 Å². The van der Waals surface area contributed by atoms with Crippen molar-refractivity contribution >= 4 is 11.6 Å². The van der Waals surface area contributed by atoms with Gasteiger partial charge >= 0.3 is 0 Å². The minimum absolute atomic E-state index is 0.0459. The summed E-state index contributed by atoms with van der Waals surface area (Å²) in [6.07, 6.45) is 0. The van der Waals surface area contributed by atoms with Crippen LogP contribution in [0.2, 0.25) is 0 Å². The molecule has 1 amide bonds. The molecule has 110 valence electrons. The molecule has 0 unspecified atom stereocenters. The quantitative estimate of drug-likeness (QED) is 0.850. The molecule has 2 aromatic rings. The van der Waals surface area contributed by atoms with Crippen LogP contribution >= 0.6 is 0 Å². The number of methoxy groups -OCH3 is 1. The molecule has 3 N–H and O–H groups in total. The highest BCUT2D eigenvalue weighted by Crippen LogP contribution is 2.17. The minimum Gasteiger partial charge on any atom is -0.497 e. The first kappa shape index (κ1) is 14.8. The average Bonchev–Trinajstić information content (AvgIpc) is 2.48. The van der Waals surface area contributed by atoms with E-state index in [0.29, 0.717) is 17.0 Å². The first-order valence-corrected chi connectivity index (χ1v) is 6.48. The molecule has 0 saturated carbocycles. The zero-order chi connectivity index (χ0) is 15.4. The van der Waals surface area contributed by atoms with Crippen LogP contribution in [-0.2, 0) is 6.54 Å². The first-order chi connectivity index (χ1) is 10.0. The Labute approximate surface area is 122 Å². The lowest BCUT2D eigenvalue weighted by atomic mass is 10.1. The van der Waals surface area contributed by atoms with Gasteiger partial charge in [0, 0.05) is 12.2 Å². The van der Waals surface area contributed by atoms with Gasteiger partial charge in [-0.25, -0.2) is 4.39 Å². The van der Waals surface area contributed by atoms with Crippen LogP contribution in [0, 0.1) is 12.7 Å². The number of nitrogens with two attached hydrogens (primary N) is 1. The lowest BCUT2D eigenvalue weighted by molar-refractivity contribution is 0.0946. The van der Waals surface area contributed by atoms with Gasteiger partial charge in [-0.3, -0.25) is 4.79 Å². The Balaban J connectivity index is 2.11. The van der Waals surface area contributed by atoms with Crippen molar-refractivity contribution in [2.45, 2.75) is 13.5 Å². The molecule has 2 aromatic carbocycles. The van der Waals surface area contributed by atoms with Crippen LogP contribution in [-0.4, -0.2) is 13.0 Å². The number of rotatable bonds is 4. The van der Waals surface area contributed by atoms with Crippen molar-refractivity contribution in [3.05, 3.63) is 58.9 Å². The second kappa shape index (κ2) is 6.26. The van der Waals surface area contributed by atoms with Crippen molar-refractivity contribution < 1.29 is 13.9 Å². The highest BCUT2D eigenvalue weighted by Gasteiger charge is 2.14. The minimum atomic E-state index is -0.549. The number of carbonyl (C=O) groups is 1. The topological polar surface area (TPSA) is 64.3 Å². The third kappa shape index (κ3) is 3.51. The van der Waals surface area contributed by atoms with Crippen LogP contribution in [0.3, 0.4) is 0 Å². The zero-order valence-electron chi connectivity index (χ0n) is 11.9. The fraction of sp³-hybridized carbons (Fsp3) is 0.188. The first-order valence-electron chi connectivity index (χ1n) is 6.48. The summed E-state index contributed by atoms with van der Waals surface area (Å²) in [5.41, 5.74) is 7.18. The summed E-state index contributed by atoms with van der Waals surface area (Å²) in [7, 11) is 1.57. The van der Waals surface area contributed by atoms with Crippen molar-refractivity contribution in [1.82, 2.24) is 5.32 Å². The Bertz CT molecular complexity index is 671. The molecule has 21 heavy (non-hydrogen) atoms. The molecule has 0 aromatic heterocycles. The van der Waals surface area contributed by atoms with E-state index in [0.717, 1.165) is 5.56 Å². The third-order valence-electron chi connectivity index (χ3n) is 3.11. The van der Waals surface area contributed by atoms with Crippen LogP contribution in [0.4, 0.5) is 10.1 Å². The van der Waals surface area contributed by atoms with Crippen molar-refractivity contribution in [2.24, 2.45) is 0 Å². The van der Waals surface area contributed by atoms with E-state index in [1.807, 2.05) is 18.2 Å².